The van der Waals surface area contributed by atoms with Gasteiger partial charge in [-0.25, -0.2) is 4.39 Å². The first kappa shape index (κ1) is 13.4. The molecule has 5 heteroatoms. The molecule has 4 nitrogen and oxygen atoms in total. The van der Waals surface area contributed by atoms with Crippen LogP contribution in [-0.4, -0.2) is 20.2 Å². The highest BCUT2D eigenvalue weighted by Crippen LogP contribution is 2.14. The molecule has 1 heterocycles. The fourth-order valence-corrected chi connectivity index (χ4v) is 2.15. The second kappa shape index (κ2) is 6.26. The van der Waals surface area contributed by atoms with Gasteiger partial charge in [0.05, 0.1) is 6.54 Å². The van der Waals surface area contributed by atoms with Crippen LogP contribution in [-0.2, 0) is 13.0 Å². The lowest BCUT2D eigenvalue weighted by molar-refractivity contribution is 0.500. The zero-order valence-corrected chi connectivity index (χ0v) is 11.5. The van der Waals surface area contributed by atoms with Crippen LogP contribution in [0.3, 0.4) is 0 Å². The molecule has 0 fully saturated rings. The van der Waals surface area contributed by atoms with E-state index in [4.69, 9.17) is 0 Å². The normalized spacial score (nSPS) is 10.7. The van der Waals surface area contributed by atoms with Gasteiger partial charge < -0.3 is 0 Å². The van der Waals surface area contributed by atoms with Crippen molar-refractivity contribution in [2.75, 3.05) is 0 Å². The van der Waals surface area contributed by atoms with Crippen molar-refractivity contribution in [1.82, 2.24) is 20.2 Å². The minimum atomic E-state index is -0.298. The molecule has 2 aromatic carbocycles. The summed E-state index contributed by atoms with van der Waals surface area (Å²) >= 11 is 0. The predicted octanol–water partition coefficient (Wildman–Crippen LogP) is 3.11. The highest BCUT2D eigenvalue weighted by atomic mass is 19.1. The third-order valence-corrected chi connectivity index (χ3v) is 3.20. The molecule has 3 aromatic rings. The molecule has 0 atom stereocenters. The maximum atomic E-state index is 13.2. The molecule has 0 saturated heterocycles. The standard InChI is InChI=1S/C16H15FN4/c17-15-10-4-9-14(12-15)16-18-20-21(19-16)11-5-8-13-6-2-1-3-7-13/h1-4,6-7,9-10,12H,5,8,11H2. The van der Waals surface area contributed by atoms with Crippen molar-refractivity contribution in [3.8, 4) is 11.4 Å². The number of tetrazole rings is 1. The molecule has 0 amide bonds. The van der Waals surface area contributed by atoms with E-state index in [1.807, 2.05) is 18.2 Å². The number of aromatic nitrogens is 4. The van der Waals surface area contributed by atoms with Crippen molar-refractivity contribution in [2.24, 2.45) is 0 Å². The first-order valence-electron chi connectivity index (χ1n) is 6.89. The van der Waals surface area contributed by atoms with Crippen LogP contribution in [0.1, 0.15) is 12.0 Å². The minimum absolute atomic E-state index is 0.298. The molecule has 0 aliphatic heterocycles. The number of halogens is 1. The first-order valence-corrected chi connectivity index (χ1v) is 6.89. The molecule has 3 rings (SSSR count). The summed E-state index contributed by atoms with van der Waals surface area (Å²) in [6.45, 7) is 0.692. The third kappa shape index (κ3) is 3.51. The summed E-state index contributed by atoms with van der Waals surface area (Å²) in [4.78, 5) is 1.56. The van der Waals surface area contributed by atoms with Gasteiger partial charge in [-0.05, 0) is 35.8 Å². The van der Waals surface area contributed by atoms with Crippen LogP contribution in [0.5, 0.6) is 0 Å². The summed E-state index contributed by atoms with van der Waals surface area (Å²) in [7, 11) is 0. The van der Waals surface area contributed by atoms with E-state index in [0.29, 0.717) is 17.9 Å². The Hall–Kier alpha value is -2.56. The van der Waals surface area contributed by atoms with Crippen LogP contribution in [0.15, 0.2) is 54.6 Å². The van der Waals surface area contributed by atoms with Crippen LogP contribution in [0.4, 0.5) is 4.39 Å². The zero-order chi connectivity index (χ0) is 14.5. The van der Waals surface area contributed by atoms with Crippen molar-refractivity contribution >= 4 is 0 Å². The van der Waals surface area contributed by atoms with Crippen LogP contribution in [0, 0.1) is 5.82 Å². The van der Waals surface area contributed by atoms with Crippen molar-refractivity contribution in [3.05, 3.63) is 66.0 Å². The largest absolute Gasteiger partial charge is 0.207 e. The quantitative estimate of drug-likeness (QED) is 0.722. The fourth-order valence-electron chi connectivity index (χ4n) is 2.15. The van der Waals surface area contributed by atoms with Gasteiger partial charge in [0.15, 0.2) is 0 Å². The van der Waals surface area contributed by atoms with Gasteiger partial charge in [0.1, 0.15) is 5.82 Å². The molecule has 0 aliphatic rings. The molecular weight excluding hydrogens is 267 g/mol. The maximum absolute atomic E-state index is 13.2. The smallest absolute Gasteiger partial charge is 0.205 e. The predicted molar refractivity (Wildman–Crippen MR) is 78.0 cm³/mol. The monoisotopic (exact) mass is 282 g/mol. The number of rotatable bonds is 5. The molecule has 0 bridgehead atoms. The number of hydrogen-bond acceptors (Lipinski definition) is 3. The summed E-state index contributed by atoms with van der Waals surface area (Å²) in [5, 5.41) is 12.3. The summed E-state index contributed by atoms with van der Waals surface area (Å²) in [6.07, 6.45) is 1.90. The van der Waals surface area contributed by atoms with Crippen LogP contribution >= 0.6 is 0 Å². The van der Waals surface area contributed by atoms with E-state index in [1.54, 1.807) is 16.9 Å². The third-order valence-electron chi connectivity index (χ3n) is 3.20. The second-order valence-corrected chi connectivity index (χ2v) is 4.81. The topological polar surface area (TPSA) is 43.6 Å². The van der Waals surface area contributed by atoms with Gasteiger partial charge in [-0.2, -0.15) is 4.80 Å². The fraction of sp³-hybridized carbons (Fsp3) is 0.188. The van der Waals surface area contributed by atoms with Gasteiger partial charge in [-0.3, -0.25) is 0 Å². The van der Waals surface area contributed by atoms with Crippen LogP contribution in [0.2, 0.25) is 0 Å². The highest BCUT2D eigenvalue weighted by molar-refractivity contribution is 5.53. The summed E-state index contributed by atoms with van der Waals surface area (Å²) in [5.41, 5.74) is 1.94. The number of nitrogens with zero attached hydrogens (tertiary/aromatic N) is 4. The molecule has 1 aromatic heterocycles. The van der Waals surface area contributed by atoms with Gasteiger partial charge in [-0.15, -0.1) is 10.2 Å². The first-order chi connectivity index (χ1) is 10.3. The Labute approximate surface area is 122 Å². The molecule has 0 unspecified atom stereocenters. The molecule has 106 valence electrons. The Balaban J connectivity index is 1.60. The Morgan fingerprint density at radius 2 is 1.86 bits per heavy atom. The van der Waals surface area contributed by atoms with Crippen molar-refractivity contribution in [2.45, 2.75) is 19.4 Å². The van der Waals surface area contributed by atoms with E-state index < -0.39 is 0 Å². The van der Waals surface area contributed by atoms with Crippen molar-refractivity contribution in [1.29, 1.82) is 0 Å². The lowest BCUT2D eigenvalue weighted by Crippen LogP contribution is -2.03. The van der Waals surface area contributed by atoms with E-state index in [0.717, 1.165) is 12.8 Å². The maximum Gasteiger partial charge on any atom is 0.205 e. The summed E-state index contributed by atoms with van der Waals surface area (Å²) < 4.78 is 13.2. The molecule has 0 radical (unpaired) electrons. The van der Waals surface area contributed by atoms with Crippen molar-refractivity contribution in [3.63, 3.8) is 0 Å². The van der Waals surface area contributed by atoms with Crippen molar-refractivity contribution < 1.29 is 4.39 Å². The van der Waals surface area contributed by atoms with Gasteiger partial charge in [0.25, 0.3) is 0 Å². The van der Waals surface area contributed by atoms with E-state index in [2.05, 4.69) is 27.5 Å². The summed E-state index contributed by atoms with van der Waals surface area (Å²) in [5.74, 6) is 0.155. The number of benzene rings is 2. The zero-order valence-electron chi connectivity index (χ0n) is 11.5. The van der Waals surface area contributed by atoms with Crippen LogP contribution in [0.25, 0.3) is 11.4 Å². The molecule has 0 N–H and O–H groups in total. The van der Waals surface area contributed by atoms with Gasteiger partial charge in [0.2, 0.25) is 5.82 Å². The molecule has 0 saturated carbocycles. The average molecular weight is 282 g/mol. The van der Waals surface area contributed by atoms with Crippen LogP contribution < -0.4 is 0 Å². The molecule has 0 aliphatic carbocycles. The highest BCUT2D eigenvalue weighted by Gasteiger charge is 2.06. The lowest BCUT2D eigenvalue weighted by atomic mass is 10.1. The molecule has 0 spiro atoms. The molecular formula is C16H15FN4. The van der Waals surface area contributed by atoms with Gasteiger partial charge in [-0.1, -0.05) is 42.5 Å². The summed E-state index contributed by atoms with van der Waals surface area (Å²) in [6, 6.07) is 16.5. The van der Waals surface area contributed by atoms with E-state index >= 15 is 0 Å². The van der Waals surface area contributed by atoms with E-state index in [9.17, 15) is 4.39 Å². The van der Waals surface area contributed by atoms with E-state index in [-0.39, 0.29) is 5.82 Å². The number of hydrogen-bond donors (Lipinski definition) is 0. The van der Waals surface area contributed by atoms with Gasteiger partial charge >= 0.3 is 0 Å². The average Bonchev–Trinajstić information content (AvgIpc) is 2.97. The Bertz CT molecular complexity index is 709. The lowest BCUT2D eigenvalue weighted by Gasteiger charge is -2.00. The molecule has 21 heavy (non-hydrogen) atoms. The number of aryl methyl sites for hydroxylation is 2. The second-order valence-electron chi connectivity index (χ2n) is 4.81. The Kier molecular flexibility index (Phi) is 4.00. The SMILES string of the molecule is Fc1cccc(-c2nnn(CCCc3ccccc3)n2)c1. The van der Waals surface area contributed by atoms with E-state index in [1.165, 1.54) is 17.7 Å². The Morgan fingerprint density at radius 3 is 2.67 bits per heavy atom. The Morgan fingerprint density at radius 1 is 1.00 bits per heavy atom. The van der Waals surface area contributed by atoms with Gasteiger partial charge in [0, 0.05) is 5.56 Å². The minimum Gasteiger partial charge on any atom is -0.207 e.